The van der Waals surface area contributed by atoms with E-state index in [0.717, 1.165) is 31.8 Å². The van der Waals surface area contributed by atoms with Crippen molar-refractivity contribution in [1.29, 1.82) is 0 Å². The van der Waals surface area contributed by atoms with Crippen molar-refractivity contribution >= 4 is 31.9 Å². The first kappa shape index (κ1) is 10.6. The second-order valence-electron chi connectivity index (χ2n) is 4.22. The van der Waals surface area contributed by atoms with Crippen LogP contribution in [-0.2, 0) is 0 Å². The molecule has 4 heteroatoms. The molecule has 0 N–H and O–H groups in total. The Labute approximate surface area is 113 Å². The van der Waals surface area contributed by atoms with Gasteiger partial charge in [0.05, 0.1) is 10.4 Å². The summed E-state index contributed by atoms with van der Waals surface area (Å²) < 4.78 is 1.13. The number of hydrogen-bond acceptors (Lipinski definition) is 4. The molecule has 0 radical (unpaired) electrons. The summed E-state index contributed by atoms with van der Waals surface area (Å²) in [7, 11) is 0. The van der Waals surface area contributed by atoms with Crippen molar-refractivity contribution in [3.8, 4) is 11.3 Å². The van der Waals surface area contributed by atoms with Crippen LogP contribution in [0.1, 0.15) is 0 Å². The molecule has 4 aromatic rings. The highest BCUT2D eigenvalue weighted by Crippen LogP contribution is 2.31. The van der Waals surface area contributed by atoms with Crippen LogP contribution in [0.2, 0.25) is 0 Å². The molecular formula is C15H9N3S. The minimum Gasteiger partial charge on any atom is -0.250 e. The van der Waals surface area contributed by atoms with E-state index in [9.17, 15) is 0 Å². The molecule has 4 rings (SSSR count). The van der Waals surface area contributed by atoms with Gasteiger partial charge in [0.1, 0.15) is 15.9 Å². The number of pyridine rings is 1. The zero-order valence-electron chi connectivity index (χ0n) is 9.95. The Kier molecular flexibility index (Phi) is 2.28. The lowest BCUT2D eigenvalue weighted by atomic mass is 10.1. The van der Waals surface area contributed by atoms with E-state index in [1.165, 1.54) is 0 Å². The standard InChI is InChI=1S/C15H9N3S/c1-2-4-10(5-3-1)11-6-7-12-13(18-11)14-15(19-12)17-9-8-16-14/h1-9H. The minimum atomic E-state index is 0.889. The fourth-order valence-electron chi connectivity index (χ4n) is 2.13. The average molecular weight is 263 g/mol. The molecule has 3 heterocycles. The predicted octanol–water partition coefficient (Wildman–Crippen LogP) is 3.91. The van der Waals surface area contributed by atoms with Gasteiger partial charge in [-0.3, -0.25) is 0 Å². The fraction of sp³-hybridized carbons (Fsp3) is 0. The second kappa shape index (κ2) is 4.10. The van der Waals surface area contributed by atoms with Gasteiger partial charge >= 0.3 is 0 Å². The number of benzene rings is 1. The first-order valence-electron chi connectivity index (χ1n) is 5.97. The summed E-state index contributed by atoms with van der Waals surface area (Å²) in [6.07, 6.45) is 3.43. The Bertz CT molecular complexity index is 868. The molecule has 3 aromatic heterocycles. The monoisotopic (exact) mass is 263 g/mol. The average Bonchev–Trinajstić information content (AvgIpc) is 2.86. The number of hydrogen-bond donors (Lipinski definition) is 0. The molecular weight excluding hydrogens is 254 g/mol. The van der Waals surface area contributed by atoms with Gasteiger partial charge in [-0.25, -0.2) is 15.0 Å². The number of rotatable bonds is 1. The molecule has 0 aliphatic carbocycles. The van der Waals surface area contributed by atoms with Crippen molar-refractivity contribution in [3.63, 3.8) is 0 Å². The highest BCUT2D eigenvalue weighted by Gasteiger charge is 2.09. The van der Waals surface area contributed by atoms with Crippen molar-refractivity contribution in [2.24, 2.45) is 0 Å². The Morgan fingerprint density at radius 1 is 0.789 bits per heavy atom. The molecule has 0 atom stereocenters. The van der Waals surface area contributed by atoms with Gasteiger partial charge in [-0.2, -0.15) is 0 Å². The van der Waals surface area contributed by atoms with Crippen LogP contribution in [0.3, 0.4) is 0 Å². The van der Waals surface area contributed by atoms with Crippen LogP contribution < -0.4 is 0 Å². The van der Waals surface area contributed by atoms with Crippen LogP contribution in [0.4, 0.5) is 0 Å². The van der Waals surface area contributed by atoms with Gasteiger partial charge in [-0.05, 0) is 12.1 Å². The summed E-state index contributed by atoms with van der Waals surface area (Å²) >= 11 is 1.63. The summed E-state index contributed by atoms with van der Waals surface area (Å²) in [6.45, 7) is 0. The van der Waals surface area contributed by atoms with Crippen molar-refractivity contribution < 1.29 is 0 Å². The van der Waals surface area contributed by atoms with E-state index in [1.807, 2.05) is 24.3 Å². The Hall–Kier alpha value is -2.33. The van der Waals surface area contributed by atoms with Gasteiger partial charge in [0.15, 0.2) is 0 Å². The zero-order valence-corrected chi connectivity index (χ0v) is 10.8. The quantitative estimate of drug-likeness (QED) is 0.522. The zero-order chi connectivity index (χ0) is 12.7. The Morgan fingerprint density at radius 2 is 1.63 bits per heavy atom. The first-order valence-corrected chi connectivity index (χ1v) is 6.79. The van der Waals surface area contributed by atoms with Gasteiger partial charge in [-0.15, -0.1) is 11.3 Å². The largest absolute Gasteiger partial charge is 0.250 e. The number of nitrogens with zero attached hydrogens (tertiary/aromatic N) is 3. The lowest BCUT2D eigenvalue weighted by Gasteiger charge is -2.00. The molecule has 0 bridgehead atoms. The van der Waals surface area contributed by atoms with E-state index in [0.29, 0.717) is 0 Å². The number of fused-ring (bicyclic) bond motifs is 3. The molecule has 0 fully saturated rings. The third kappa shape index (κ3) is 1.69. The highest BCUT2D eigenvalue weighted by atomic mass is 32.1. The third-order valence-corrected chi connectivity index (χ3v) is 4.06. The summed E-state index contributed by atoms with van der Waals surface area (Å²) in [5.41, 5.74) is 3.92. The van der Waals surface area contributed by atoms with E-state index in [-0.39, 0.29) is 0 Å². The molecule has 0 aliphatic rings. The van der Waals surface area contributed by atoms with Crippen LogP contribution >= 0.6 is 11.3 Å². The summed E-state index contributed by atoms with van der Waals surface area (Å²) in [4.78, 5) is 14.4. The number of thiophene rings is 1. The van der Waals surface area contributed by atoms with Gasteiger partial charge in [0.2, 0.25) is 0 Å². The minimum absolute atomic E-state index is 0.889. The predicted molar refractivity (Wildman–Crippen MR) is 78.2 cm³/mol. The third-order valence-electron chi connectivity index (χ3n) is 3.02. The van der Waals surface area contributed by atoms with Crippen LogP contribution in [0.25, 0.3) is 31.8 Å². The van der Waals surface area contributed by atoms with E-state index in [1.54, 1.807) is 23.7 Å². The van der Waals surface area contributed by atoms with Crippen molar-refractivity contribution in [3.05, 3.63) is 54.9 Å². The molecule has 0 saturated heterocycles. The van der Waals surface area contributed by atoms with Crippen molar-refractivity contribution in [2.45, 2.75) is 0 Å². The molecule has 0 spiro atoms. The molecule has 1 aromatic carbocycles. The number of aromatic nitrogens is 3. The van der Waals surface area contributed by atoms with Crippen LogP contribution in [0.5, 0.6) is 0 Å². The molecule has 0 amide bonds. The van der Waals surface area contributed by atoms with Crippen molar-refractivity contribution in [1.82, 2.24) is 15.0 Å². The maximum atomic E-state index is 4.74. The van der Waals surface area contributed by atoms with Crippen molar-refractivity contribution in [2.75, 3.05) is 0 Å². The van der Waals surface area contributed by atoms with Crippen LogP contribution in [-0.4, -0.2) is 15.0 Å². The lowest BCUT2D eigenvalue weighted by Crippen LogP contribution is -1.84. The van der Waals surface area contributed by atoms with E-state index in [4.69, 9.17) is 4.98 Å². The highest BCUT2D eigenvalue weighted by molar-refractivity contribution is 7.25. The second-order valence-corrected chi connectivity index (χ2v) is 5.25. The smallest absolute Gasteiger partial charge is 0.144 e. The molecule has 19 heavy (non-hydrogen) atoms. The normalized spacial score (nSPS) is 11.2. The Balaban J connectivity index is 2.03. The molecule has 0 unspecified atom stereocenters. The summed E-state index contributed by atoms with van der Waals surface area (Å²) in [5.74, 6) is 0. The lowest BCUT2D eigenvalue weighted by molar-refractivity contribution is 1.31. The van der Waals surface area contributed by atoms with Crippen LogP contribution in [0, 0.1) is 0 Å². The fourth-order valence-corrected chi connectivity index (χ4v) is 3.08. The molecule has 3 nitrogen and oxygen atoms in total. The maximum Gasteiger partial charge on any atom is 0.144 e. The van der Waals surface area contributed by atoms with E-state index >= 15 is 0 Å². The first-order chi connectivity index (χ1) is 9.42. The Morgan fingerprint density at radius 3 is 2.53 bits per heavy atom. The van der Waals surface area contributed by atoms with E-state index in [2.05, 4.69) is 28.2 Å². The SMILES string of the molecule is c1ccc(-c2ccc3sc4nccnc4c3n2)cc1. The maximum absolute atomic E-state index is 4.74. The van der Waals surface area contributed by atoms with Gasteiger partial charge in [0.25, 0.3) is 0 Å². The molecule has 0 aliphatic heterocycles. The molecule has 0 saturated carbocycles. The summed E-state index contributed by atoms with van der Waals surface area (Å²) in [6, 6.07) is 14.3. The van der Waals surface area contributed by atoms with Gasteiger partial charge in [0, 0.05) is 18.0 Å². The summed E-state index contributed by atoms with van der Waals surface area (Å²) in [5, 5.41) is 0. The van der Waals surface area contributed by atoms with Crippen LogP contribution in [0.15, 0.2) is 54.9 Å². The van der Waals surface area contributed by atoms with E-state index < -0.39 is 0 Å². The van der Waals surface area contributed by atoms with Gasteiger partial charge in [-0.1, -0.05) is 30.3 Å². The molecule has 90 valence electrons. The topological polar surface area (TPSA) is 38.7 Å². The van der Waals surface area contributed by atoms with Gasteiger partial charge < -0.3 is 0 Å².